The molecule has 1 aromatic rings. The predicted molar refractivity (Wildman–Crippen MR) is 72.8 cm³/mol. The summed E-state index contributed by atoms with van der Waals surface area (Å²) < 4.78 is 5.31. The van der Waals surface area contributed by atoms with E-state index in [1.807, 2.05) is 30.3 Å². The molecule has 3 heteroatoms. The first-order chi connectivity index (χ1) is 9.15. The van der Waals surface area contributed by atoms with Crippen molar-refractivity contribution in [3.63, 3.8) is 0 Å². The molecule has 2 rings (SSSR count). The summed E-state index contributed by atoms with van der Waals surface area (Å²) in [6, 6.07) is 8.04. The Bertz CT molecular complexity index is 502. The summed E-state index contributed by atoms with van der Waals surface area (Å²) in [7, 11) is 0. The minimum absolute atomic E-state index is 0.123. The highest BCUT2D eigenvalue weighted by atomic mass is 16.5. The Kier molecular flexibility index (Phi) is 4.50. The molecule has 1 aliphatic rings. The molecule has 1 aromatic carbocycles. The third kappa shape index (κ3) is 4.05. The third-order valence-corrected chi connectivity index (χ3v) is 3.24. The molecule has 0 radical (unpaired) electrons. The topological polar surface area (TPSA) is 43.4 Å². The lowest BCUT2D eigenvalue weighted by atomic mass is 9.95. The SMILES string of the molecule is CC(=O)OC1C/C=C\C(=O)CCc2ccccc2C1. The van der Waals surface area contributed by atoms with Crippen LogP contribution in [-0.2, 0) is 27.2 Å². The second kappa shape index (κ2) is 6.32. The van der Waals surface area contributed by atoms with E-state index in [-0.39, 0.29) is 17.9 Å². The number of hydrogen-bond donors (Lipinski definition) is 0. The molecule has 1 aliphatic carbocycles. The largest absolute Gasteiger partial charge is 0.462 e. The second-order valence-electron chi connectivity index (χ2n) is 4.81. The van der Waals surface area contributed by atoms with E-state index in [4.69, 9.17) is 4.74 Å². The zero-order valence-corrected chi connectivity index (χ0v) is 11.1. The number of benzene rings is 1. The van der Waals surface area contributed by atoms with Crippen molar-refractivity contribution in [2.75, 3.05) is 0 Å². The number of ketones is 1. The molecule has 0 aliphatic heterocycles. The van der Waals surface area contributed by atoms with Crippen molar-refractivity contribution in [3.05, 3.63) is 47.5 Å². The summed E-state index contributed by atoms with van der Waals surface area (Å²) in [4.78, 5) is 22.8. The summed E-state index contributed by atoms with van der Waals surface area (Å²) in [6.45, 7) is 1.42. The minimum atomic E-state index is -0.278. The number of hydrogen-bond acceptors (Lipinski definition) is 3. The van der Waals surface area contributed by atoms with Gasteiger partial charge in [0.15, 0.2) is 5.78 Å². The number of esters is 1. The summed E-state index contributed by atoms with van der Waals surface area (Å²) in [6.07, 6.45) is 5.78. The highest BCUT2D eigenvalue weighted by molar-refractivity contribution is 5.89. The van der Waals surface area contributed by atoms with Gasteiger partial charge in [0.05, 0.1) is 0 Å². The normalized spacial score (nSPS) is 21.3. The molecule has 0 aromatic heterocycles. The van der Waals surface area contributed by atoms with Gasteiger partial charge in [-0.1, -0.05) is 30.3 Å². The fourth-order valence-electron chi connectivity index (χ4n) is 2.35. The van der Waals surface area contributed by atoms with E-state index in [2.05, 4.69) is 0 Å². The van der Waals surface area contributed by atoms with Crippen LogP contribution in [0.15, 0.2) is 36.4 Å². The summed E-state index contributed by atoms with van der Waals surface area (Å²) in [5.41, 5.74) is 2.33. The van der Waals surface area contributed by atoms with E-state index < -0.39 is 0 Å². The van der Waals surface area contributed by atoms with Crippen LogP contribution in [-0.4, -0.2) is 17.9 Å². The standard InChI is InChI=1S/C16H18O3/c1-12(17)19-16-8-4-7-15(18)10-9-13-5-2-3-6-14(13)11-16/h2-7,16H,8-11H2,1H3/b7-4-. The van der Waals surface area contributed by atoms with Gasteiger partial charge in [0.25, 0.3) is 0 Å². The van der Waals surface area contributed by atoms with Gasteiger partial charge in [-0.05, 0) is 23.6 Å². The zero-order valence-electron chi connectivity index (χ0n) is 11.1. The number of ether oxygens (including phenoxy) is 1. The molecule has 1 unspecified atom stereocenters. The molecule has 0 saturated heterocycles. The van der Waals surface area contributed by atoms with Crippen LogP contribution in [0, 0.1) is 0 Å². The minimum Gasteiger partial charge on any atom is -0.462 e. The van der Waals surface area contributed by atoms with E-state index in [1.165, 1.54) is 12.5 Å². The first kappa shape index (κ1) is 13.5. The van der Waals surface area contributed by atoms with Crippen molar-refractivity contribution < 1.29 is 14.3 Å². The van der Waals surface area contributed by atoms with E-state index in [0.717, 1.165) is 12.0 Å². The second-order valence-corrected chi connectivity index (χ2v) is 4.81. The van der Waals surface area contributed by atoms with Crippen LogP contribution in [0.5, 0.6) is 0 Å². The van der Waals surface area contributed by atoms with E-state index in [9.17, 15) is 9.59 Å². The van der Waals surface area contributed by atoms with Crippen molar-refractivity contribution in [2.45, 2.75) is 38.7 Å². The van der Waals surface area contributed by atoms with Crippen molar-refractivity contribution in [1.29, 1.82) is 0 Å². The average Bonchev–Trinajstić information content (AvgIpc) is 2.36. The fraction of sp³-hybridized carbons (Fsp3) is 0.375. The molecular weight excluding hydrogens is 240 g/mol. The third-order valence-electron chi connectivity index (χ3n) is 3.24. The lowest BCUT2D eigenvalue weighted by Gasteiger charge is -2.18. The van der Waals surface area contributed by atoms with Crippen LogP contribution in [0.25, 0.3) is 0 Å². The lowest BCUT2D eigenvalue weighted by molar-refractivity contribution is -0.146. The molecule has 0 spiro atoms. The maximum atomic E-state index is 11.6. The van der Waals surface area contributed by atoms with Gasteiger partial charge in [-0.2, -0.15) is 0 Å². The molecular formula is C16H18O3. The number of allylic oxidation sites excluding steroid dienone is 1. The first-order valence-electron chi connectivity index (χ1n) is 6.58. The van der Waals surface area contributed by atoms with Gasteiger partial charge in [0.1, 0.15) is 6.10 Å². The van der Waals surface area contributed by atoms with Crippen LogP contribution >= 0.6 is 0 Å². The number of fused-ring (bicyclic) bond motifs is 1. The molecule has 0 fully saturated rings. The fourth-order valence-corrected chi connectivity index (χ4v) is 2.35. The average molecular weight is 258 g/mol. The number of carbonyl (C=O) groups excluding carboxylic acids is 2. The number of carbonyl (C=O) groups is 2. The quantitative estimate of drug-likeness (QED) is 0.727. The molecule has 0 amide bonds. The van der Waals surface area contributed by atoms with Gasteiger partial charge in [-0.25, -0.2) is 0 Å². The van der Waals surface area contributed by atoms with Gasteiger partial charge in [0, 0.05) is 26.2 Å². The van der Waals surface area contributed by atoms with Gasteiger partial charge in [-0.3, -0.25) is 9.59 Å². The smallest absolute Gasteiger partial charge is 0.302 e. The Morgan fingerprint density at radius 1 is 1.21 bits per heavy atom. The Morgan fingerprint density at radius 2 is 1.95 bits per heavy atom. The van der Waals surface area contributed by atoms with Gasteiger partial charge < -0.3 is 4.74 Å². The van der Waals surface area contributed by atoms with Crippen molar-refractivity contribution in [2.24, 2.45) is 0 Å². The van der Waals surface area contributed by atoms with E-state index in [1.54, 1.807) is 6.08 Å². The summed E-state index contributed by atoms with van der Waals surface area (Å²) in [5.74, 6) is -0.155. The van der Waals surface area contributed by atoms with Crippen molar-refractivity contribution >= 4 is 11.8 Å². The molecule has 0 heterocycles. The van der Waals surface area contributed by atoms with Gasteiger partial charge >= 0.3 is 5.97 Å². The molecule has 0 N–H and O–H groups in total. The number of aryl methyl sites for hydroxylation is 1. The van der Waals surface area contributed by atoms with Crippen LogP contribution < -0.4 is 0 Å². The Hall–Kier alpha value is -1.90. The molecule has 0 saturated carbocycles. The van der Waals surface area contributed by atoms with Gasteiger partial charge in [-0.15, -0.1) is 0 Å². The van der Waals surface area contributed by atoms with E-state index >= 15 is 0 Å². The van der Waals surface area contributed by atoms with Crippen molar-refractivity contribution in [3.8, 4) is 0 Å². The predicted octanol–water partition coefficient (Wildman–Crippen LogP) is 2.62. The summed E-state index contributed by atoms with van der Waals surface area (Å²) >= 11 is 0. The van der Waals surface area contributed by atoms with Crippen molar-refractivity contribution in [1.82, 2.24) is 0 Å². The van der Waals surface area contributed by atoms with Gasteiger partial charge in [0.2, 0.25) is 0 Å². The first-order valence-corrected chi connectivity index (χ1v) is 6.58. The molecule has 0 bridgehead atoms. The summed E-state index contributed by atoms with van der Waals surface area (Å²) in [5, 5.41) is 0. The Labute approximate surface area is 113 Å². The molecule has 1 atom stereocenters. The van der Waals surface area contributed by atoms with Crippen LogP contribution in [0.2, 0.25) is 0 Å². The zero-order chi connectivity index (χ0) is 13.7. The Morgan fingerprint density at radius 3 is 2.68 bits per heavy atom. The highest BCUT2D eigenvalue weighted by Crippen LogP contribution is 2.18. The lowest BCUT2D eigenvalue weighted by Crippen LogP contribution is -2.20. The monoisotopic (exact) mass is 258 g/mol. The molecule has 19 heavy (non-hydrogen) atoms. The molecule has 3 nitrogen and oxygen atoms in total. The van der Waals surface area contributed by atoms with Crippen LogP contribution in [0.3, 0.4) is 0 Å². The molecule has 100 valence electrons. The van der Waals surface area contributed by atoms with Crippen LogP contribution in [0.1, 0.15) is 30.9 Å². The number of rotatable bonds is 1. The maximum Gasteiger partial charge on any atom is 0.302 e. The highest BCUT2D eigenvalue weighted by Gasteiger charge is 2.15. The van der Waals surface area contributed by atoms with E-state index in [0.29, 0.717) is 19.3 Å². The van der Waals surface area contributed by atoms with Crippen LogP contribution in [0.4, 0.5) is 0 Å². The maximum absolute atomic E-state index is 11.6. The Balaban J connectivity index is 2.24.